The molecule has 0 spiro atoms. The van der Waals surface area contributed by atoms with Gasteiger partial charge in [-0.1, -0.05) is 276 Å². The van der Waals surface area contributed by atoms with E-state index in [0.717, 1.165) is 38.5 Å². The van der Waals surface area contributed by atoms with E-state index in [0.29, 0.717) is 12.8 Å². The smallest absolute Gasteiger partial charge is 0.306 e. The maximum absolute atomic E-state index is 12.3. The lowest BCUT2D eigenvalue weighted by molar-refractivity contribution is -0.161. The Morgan fingerprint density at radius 3 is 0.952 bits per heavy atom. The number of esters is 2. The Bertz CT molecular complexity index is 943. The summed E-state index contributed by atoms with van der Waals surface area (Å²) >= 11 is 0. The predicted molar refractivity (Wildman–Crippen MR) is 270 cm³/mol. The van der Waals surface area contributed by atoms with Crippen molar-refractivity contribution in [1.82, 2.24) is 0 Å². The Labute approximate surface area is 387 Å². The van der Waals surface area contributed by atoms with Crippen molar-refractivity contribution >= 4 is 11.9 Å². The van der Waals surface area contributed by atoms with E-state index < -0.39 is 6.10 Å². The monoisotopic (exact) mass is 873 g/mol. The number of aliphatic hydroxyl groups excluding tert-OH is 1. The van der Waals surface area contributed by atoms with Gasteiger partial charge in [0.05, 0.1) is 6.61 Å². The number of ether oxygens (including phenoxy) is 2. The first kappa shape index (κ1) is 60.4. The molecule has 0 aliphatic carbocycles. The molecule has 1 atom stereocenters. The zero-order valence-corrected chi connectivity index (χ0v) is 41.9. The molecule has 366 valence electrons. The van der Waals surface area contributed by atoms with Crippen LogP contribution in [-0.4, -0.2) is 36.4 Å². The van der Waals surface area contributed by atoms with Crippen LogP contribution in [0.2, 0.25) is 0 Å². The lowest BCUT2D eigenvalue weighted by atomic mass is 10.0. The minimum atomic E-state index is -0.766. The Morgan fingerprint density at radius 1 is 0.371 bits per heavy atom. The minimum Gasteiger partial charge on any atom is -0.462 e. The highest BCUT2D eigenvalue weighted by Crippen LogP contribution is 2.17. The topological polar surface area (TPSA) is 72.8 Å². The number of hydrogen-bond donors (Lipinski definition) is 1. The van der Waals surface area contributed by atoms with Crippen LogP contribution in [-0.2, 0) is 19.1 Å². The molecule has 0 fully saturated rings. The van der Waals surface area contributed by atoms with Crippen LogP contribution in [0.3, 0.4) is 0 Å². The highest BCUT2D eigenvalue weighted by atomic mass is 16.6. The van der Waals surface area contributed by atoms with Gasteiger partial charge in [-0.2, -0.15) is 0 Å². The third-order valence-corrected chi connectivity index (χ3v) is 12.7. The molecule has 0 amide bonds. The molecule has 0 radical (unpaired) electrons. The van der Waals surface area contributed by atoms with E-state index in [4.69, 9.17) is 9.47 Å². The van der Waals surface area contributed by atoms with Crippen molar-refractivity contribution in [2.75, 3.05) is 13.2 Å². The molecular formula is C57H108O5. The molecule has 0 aliphatic heterocycles. The van der Waals surface area contributed by atoms with Gasteiger partial charge in [-0.3, -0.25) is 9.59 Å². The summed E-state index contributed by atoms with van der Waals surface area (Å²) in [5, 5.41) is 9.64. The summed E-state index contributed by atoms with van der Waals surface area (Å²) in [7, 11) is 0. The predicted octanol–water partition coefficient (Wildman–Crippen LogP) is 18.5. The van der Waals surface area contributed by atoms with Crippen molar-refractivity contribution in [3.05, 3.63) is 24.3 Å². The summed E-state index contributed by atoms with van der Waals surface area (Å²) < 4.78 is 10.7. The van der Waals surface area contributed by atoms with Crippen LogP contribution in [0.5, 0.6) is 0 Å². The Balaban J connectivity index is 3.41. The molecule has 0 aromatic rings. The second-order valence-electron chi connectivity index (χ2n) is 19.0. The summed E-state index contributed by atoms with van der Waals surface area (Å²) in [5.41, 5.74) is 0. The van der Waals surface area contributed by atoms with E-state index in [1.807, 2.05) is 0 Å². The fourth-order valence-electron chi connectivity index (χ4n) is 8.53. The number of rotatable bonds is 52. The molecule has 1 N–H and O–H groups in total. The molecule has 0 saturated carbocycles. The first-order chi connectivity index (χ1) is 30.6. The average molecular weight is 873 g/mol. The molecule has 5 nitrogen and oxygen atoms in total. The van der Waals surface area contributed by atoms with Crippen molar-refractivity contribution in [2.45, 2.75) is 315 Å². The van der Waals surface area contributed by atoms with Crippen LogP contribution in [0, 0.1) is 0 Å². The van der Waals surface area contributed by atoms with Gasteiger partial charge in [-0.25, -0.2) is 0 Å². The van der Waals surface area contributed by atoms with E-state index in [2.05, 4.69) is 38.2 Å². The third kappa shape index (κ3) is 51.0. The molecule has 0 aromatic heterocycles. The van der Waals surface area contributed by atoms with Crippen molar-refractivity contribution in [3.63, 3.8) is 0 Å². The third-order valence-electron chi connectivity index (χ3n) is 12.7. The second-order valence-corrected chi connectivity index (χ2v) is 19.0. The summed E-state index contributed by atoms with van der Waals surface area (Å²) in [6.45, 7) is 4.18. The fraction of sp³-hybridized carbons (Fsp3) is 0.895. The molecule has 1 unspecified atom stereocenters. The van der Waals surface area contributed by atoms with Crippen molar-refractivity contribution < 1.29 is 24.2 Å². The molecule has 0 aromatic carbocycles. The van der Waals surface area contributed by atoms with Crippen molar-refractivity contribution in [1.29, 1.82) is 0 Å². The summed E-state index contributed by atoms with van der Waals surface area (Å²) in [6, 6.07) is 0. The first-order valence-electron chi connectivity index (χ1n) is 27.9. The number of carbonyl (C=O) groups excluding carboxylic acids is 2. The molecule has 0 aliphatic rings. The Hall–Kier alpha value is -1.62. The van der Waals surface area contributed by atoms with E-state index in [-0.39, 0.29) is 25.2 Å². The molecule has 0 bridgehead atoms. The number of hydrogen-bond acceptors (Lipinski definition) is 5. The normalized spacial score (nSPS) is 12.2. The van der Waals surface area contributed by atoms with Crippen molar-refractivity contribution in [3.8, 4) is 0 Å². The van der Waals surface area contributed by atoms with Gasteiger partial charge in [0.2, 0.25) is 0 Å². The van der Waals surface area contributed by atoms with Gasteiger partial charge in [0.1, 0.15) is 6.61 Å². The van der Waals surface area contributed by atoms with Crippen LogP contribution >= 0.6 is 0 Å². The van der Waals surface area contributed by atoms with E-state index in [1.54, 1.807) is 0 Å². The van der Waals surface area contributed by atoms with Gasteiger partial charge in [0, 0.05) is 12.8 Å². The molecule has 62 heavy (non-hydrogen) atoms. The van der Waals surface area contributed by atoms with E-state index in [9.17, 15) is 14.7 Å². The Kier molecular flexibility index (Phi) is 52.3. The van der Waals surface area contributed by atoms with Gasteiger partial charge in [-0.15, -0.1) is 0 Å². The summed E-state index contributed by atoms with van der Waals surface area (Å²) in [6.07, 6.45) is 67.3. The minimum absolute atomic E-state index is 0.0585. The van der Waals surface area contributed by atoms with E-state index in [1.165, 1.54) is 244 Å². The summed E-state index contributed by atoms with van der Waals surface area (Å²) in [4.78, 5) is 24.5. The van der Waals surface area contributed by atoms with Crippen LogP contribution in [0.4, 0.5) is 0 Å². The number of aliphatic hydroxyl groups is 1. The SMILES string of the molecule is CCCCCCC/C=C\C/C=C\CCCCCCCCCCCCCCCCCCCCCC(=O)OC(CO)COC(=O)CCCCCCCCCCCCCCCCCCC. The van der Waals surface area contributed by atoms with Gasteiger partial charge >= 0.3 is 11.9 Å². The Morgan fingerprint density at radius 2 is 0.645 bits per heavy atom. The van der Waals surface area contributed by atoms with Gasteiger partial charge < -0.3 is 14.6 Å². The largest absolute Gasteiger partial charge is 0.462 e. The van der Waals surface area contributed by atoms with E-state index >= 15 is 0 Å². The highest BCUT2D eigenvalue weighted by Gasteiger charge is 2.16. The van der Waals surface area contributed by atoms with Crippen LogP contribution in [0.1, 0.15) is 309 Å². The molecule has 0 heterocycles. The summed E-state index contributed by atoms with van der Waals surface area (Å²) in [5.74, 6) is -0.570. The van der Waals surface area contributed by atoms with Crippen LogP contribution in [0.15, 0.2) is 24.3 Å². The maximum Gasteiger partial charge on any atom is 0.306 e. The number of carbonyl (C=O) groups is 2. The zero-order valence-electron chi connectivity index (χ0n) is 41.9. The average Bonchev–Trinajstić information content (AvgIpc) is 3.28. The van der Waals surface area contributed by atoms with Gasteiger partial charge in [-0.05, 0) is 44.9 Å². The van der Waals surface area contributed by atoms with Crippen LogP contribution < -0.4 is 0 Å². The van der Waals surface area contributed by atoms with Crippen molar-refractivity contribution in [2.24, 2.45) is 0 Å². The lowest BCUT2D eigenvalue weighted by Gasteiger charge is -2.15. The molecule has 5 heteroatoms. The fourth-order valence-corrected chi connectivity index (χ4v) is 8.53. The highest BCUT2D eigenvalue weighted by molar-refractivity contribution is 5.70. The second kappa shape index (κ2) is 53.7. The van der Waals surface area contributed by atoms with Crippen LogP contribution in [0.25, 0.3) is 0 Å². The molecular weight excluding hydrogens is 765 g/mol. The quantitative estimate of drug-likeness (QED) is 0.0374. The first-order valence-corrected chi connectivity index (χ1v) is 27.9. The van der Waals surface area contributed by atoms with Gasteiger partial charge in [0.25, 0.3) is 0 Å². The number of unbranched alkanes of at least 4 members (excludes halogenated alkanes) is 40. The standard InChI is InChI=1S/C57H108O5/c1-3-5-7-9-11-13-15-17-19-21-22-23-24-25-26-27-28-29-30-31-32-33-34-36-38-40-42-44-46-48-50-52-57(60)62-55(53-58)54-61-56(59)51-49-47-45-43-41-39-37-35-20-18-16-14-12-10-8-6-4-2/h15,17,21-22,55,58H,3-14,16,18-20,23-54H2,1-2H3/b17-15-,22-21-. The lowest BCUT2D eigenvalue weighted by Crippen LogP contribution is -2.28. The maximum atomic E-state index is 12.3. The van der Waals surface area contributed by atoms with Gasteiger partial charge in [0.15, 0.2) is 6.10 Å². The molecule has 0 rings (SSSR count). The molecule has 0 saturated heterocycles. The number of allylic oxidation sites excluding steroid dienone is 4. The zero-order chi connectivity index (χ0) is 44.9.